The molecule has 22 heteroatoms. The Morgan fingerprint density at radius 3 is 1.52 bits per heavy atom. The van der Waals surface area contributed by atoms with Gasteiger partial charge in [0, 0.05) is 102 Å². The van der Waals surface area contributed by atoms with Crippen LogP contribution in [0.1, 0.15) is 168 Å². The number of carbonyl (C=O) groups is 2. The summed E-state index contributed by atoms with van der Waals surface area (Å²) in [6.07, 6.45) is -18.0. The second-order valence-corrected chi connectivity index (χ2v) is 20.7. The number of thioether (sulfide) groups is 2. The Morgan fingerprint density at radius 1 is 0.573 bits per heavy atom. The van der Waals surface area contributed by atoms with Crippen LogP contribution in [0.15, 0.2) is 159 Å². The minimum absolute atomic E-state index is 0.0385. The number of aromatic nitrogens is 4. The normalized spacial score (nSPS) is 24.8. The summed E-state index contributed by atoms with van der Waals surface area (Å²) in [4.78, 5) is 62.6. The lowest BCUT2D eigenvalue weighted by Crippen LogP contribution is -2.40. The molecular formula is C74H80F8N8O4S2. The van der Waals surface area contributed by atoms with Crippen LogP contribution in [0.2, 0.25) is 0 Å². The smallest absolute Gasteiger partial charge is 0.336 e. The van der Waals surface area contributed by atoms with Crippen molar-refractivity contribution in [2.45, 2.75) is 134 Å². The molecule has 8 aromatic rings. The van der Waals surface area contributed by atoms with Crippen molar-refractivity contribution in [2.75, 3.05) is 52.0 Å². The second-order valence-electron chi connectivity index (χ2n) is 19.1. The predicted molar refractivity (Wildman–Crippen MR) is 362 cm³/mol. The first kappa shape index (κ1) is 32.2. The Labute approximate surface area is 631 Å². The van der Waals surface area contributed by atoms with Gasteiger partial charge in [0.1, 0.15) is 24.6 Å². The van der Waals surface area contributed by atoms with Crippen LogP contribution in [0, 0.1) is 24.5 Å². The zero-order valence-corrected chi connectivity index (χ0v) is 51.9. The van der Waals surface area contributed by atoms with Crippen LogP contribution in [0.5, 0.6) is 0 Å². The van der Waals surface area contributed by atoms with E-state index in [0.29, 0.717) is 53.7 Å². The molecule has 0 saturated carbocycles. The van der Waals surface area contributed by atoms with Gasteiger partial charge >= 0.3 is 12.4 Å². The Balaban J connectivity index is 0.000000321. The van der Waals surface area contributed by atoms with E-state index in [1.54, 1.807) is 0 Å². The lowest BCUT2D eigenvalue weighted by molar-refractivity contribution is -0.138. The van der Waals surface area contributed by atoms with Crippen LogP contribution in [0.4, 0.5) is 35.1 Å². The van der Waals surface area contributed by atoms with Crippen LogP contribution < -0.4 is 11.1 Å². The van der Waals surface area contributed by atoms with E-state index < -0.39 is 361 Å². The molecule has 0 spiro atoms. The third-order valence-electron chi connectivity index (χ3n) is 12.8. The quantitative estimate of drug-likeness (QED) is 0.0295. The maximum atomic E-state index is 15.4. The van der Waals surface area contributed by atoms with Crippen molar-refractivity contribution in [1.82, 2.24) is 38.7 Å². The van der Waals surface area contributed by atoms with Crippen molar-refractivity contribution in [3.8, 4) is 22.3 Å². The molecular weight excluding hydrogens is 1280 g/mol. The lowest BCUT2D eigenvalue weighted by Gasteiger charge is -2.28. The number of nitrogens with zero attached hydrogens (tertiary/aromatic N) is 8. The summed E-state index contributed by atoms with van der Waals surface area (Å²) in [5.74, 6) is -12.1. The Bertz CT molecular complexity index is 6500. The topological polar surface area (TPSA) is 117 Å². The first-order valence-corrected chi connectivity index (χ1v) is 29.0. The Morgan fingerprint density at radius 2 is 1.03 bits per heavy atom. The molecule has 0 N–H and O–H groups in total. The van der Waals surface area contributed by atoms with Gasteiger partial charge in [0.05, 0.1) is 48.1 Å². The van der Waals surface area contributed by atoms with Crippen LogP contribution in [0.3, 0.4) is 0 Å². The number of hydrogen-bond donors (Lipinski definition) is 0. The van der Waals surface area contributed by atoms with Gasteiger partial charge in [-0.3, -0.25) is 19.2 Å². The Hall–Kier alpha value is -7.92. The average Bonchev–Trinajstić information content (AvgIpc) is 1.69. The van der Waals surface area contributed by atoms with E-state index >= 15 is 9.59 Å². The highest BCUT2D eigenvalue weighted by Crippen LogP contribution is 2.36. The summed E-state index contributed by atoms with van der Waals surface area (Å²) in [7, 11) is 0. The maximum absolute atomic E-state index is 15.4. The van der Waals surface area contributed by atoms with Crippen molar-refractivity contribution in [3.63, 3.8) is 0 Å². The van der Waals surface area contributed by atoms with Crippen molar-refractivity contribution < 1.29 is 111 Å². The van der Waals surface area contributed by atoms with Crippen molar-refractivity contribution in [3.05, 3.63) is 233 Å². The summed E-state index contributed by atoms with van der Waals surface area (Å²) in [6.45, 7) is -45.4. The summed E-state index contributed by atoms with van der Waals surface area (Å²) >= 11 is -0.975. The van der Waals surface area contributed by atoms with E-state index in [1.807, 2.05) is 0 Å². The number of rotatable bonds is 26. The number of likely N-dealkylation sites (N-methyl/N-ethyl adjacent to an activating group) is 2. The Kier molecular flexibility index (Phi) is 11.0. The predicted octanol–water partition coefficient (Wildman–Crippen LogP) is 15.0. The lowest BCUT2D eigenvalue weighted by atomic mass is 9.98. The highest BCUT2D eigenvalue weighted by molar-refractivity contribution is 7.98. The molecule has 0 bridgehead atoms. The second kappa shape index (κ2) is 32.9. The molecule has 0 saturated heterocycles. The van der Waals surface area contributed by atoms with Crippen molar-refractivity contribution in [2.24, 2.45) is 5.89 Å². The van der Waals surface area contributed by atoms with Crippen molar-refractivity contribution >= 4 is 35.3 Å². The van der Waals surface area contributed by atoms with Gasteiger partial charge in [-0.1, -0.05) is 155 Å². The first-order valence-electron chi connectivity index (χ1n) is 51.4. The number of carbonyl (C=O) groups excluding carboxylic acids is 2. The highest BCUT2D eigenvalue weighted by Gasteiger charge is 2.34. The maximum Gasteiger partial charge on any atom is 0.416 e. The van der Waals surface area contributed by atoms with Crippen LogP contribution in [-0.4, -0.2) is 102 Å². The van der Waals surface area contributed by atoms with Crippen LogP contribution in [0.25, 0.3) is 22.3 Å². The van der Waals surface area contributed by atoms with Gasteiger partial charge in [-0.05, 0) is 163 Å². The number of benzene rings is 6. The van der Waals surface area contributed by atoms with E-state index in [4.69, 9.17) is 49.3 Å². The third kappa shape index (κ3) is 19.0. The van der Waals surface area contributed by atoms with E-state index in [9.17, 15) is 61.2 Å². The first-order chi connectivity index (χ1) is 64.3. The van der Waals surface area contributed by atoms with E-state index in [1.165, 1.54) is 0 Å². The van der Waals surface area contributed by atoms with E-state index in [2.05, 4.69) is 9.97 Å². The monoisotopic (exact) mass is 1410 g/mol. The molecule has 2 aliphatic carbocycles. The van der Waals surface area contributed by atoms with Gasteiger partial charge in [0.2, 0.25) is 11.8 Å². The number of hydrogen-bond acceptors (Lipinski definition) is 10. The molecule has 508 valence electrons. The van der Waals surface area contributed by atoms with E-state index in [0.717, 1.165) is 36.4 Å². The highest BCUT2D eigenvalue weighted by atomic mass is 32.2. The minimum Gasteiger partial charge on any atom is -0.336 e. The number of fused-ring (bicyclic) bond motifs is 2. The molecule has 6 aromatic carbocycles. The summed E-state index contributed by atoms with van der Waals surface area (Å²) in [5.41, 5.74) is -25.4. The minimum atomic E-state index is -5.33. The van der Waals surface area contributed by atoms with Crippen LogP contribution in [-0.2, 0) is 84.9 Å². The zero-order valence-electron chi connectivity index (χ0n) is 98.3. The third-order valence-corrected chi connectivity index (χ3v) is 14.3. The fraction of sp³-hybridized carbons (Fsp3) is 0.378. The standard InChI is InChI=1S/2C37H40F4N4O2S/c1-4-43(5-2)18-19-44(22-26-6-10-28(11-7-26)29-12-14-30(15-13-29)37(39,40)41)34(46)23-45-33-21-25(3)20-32(33)35(47)42-36(45)48-24-27-8-16-31(38)17-9-27;1-4-43(5-2)19-20-44(22-26-9-13-28(14-10-26)29-15-18-32(25(3)21-29)37(39,40)41)34(46)23-45-33-8-6-7-31(33)35(47)42-36(45)48-24-27-11-16-30(38)17-12-27/h6-17,25H,4-5,18-24H2,1-3H3;9-18,21H,4-8,19-20,22-24H2,1-3H3/i4D2,5D2,8D,9D,16D,17D,18D2,19D2,20D2,21D2,22D2,23D2,24D2,25D;4D2,5D2,9D,10D,11D,12D,13D,14D,15D,16D,17D,18D,19D2,20D2,21D,22D2,23D2,24D2. The fourth-order valence-corrected chi connectivity index (χ4v) is 9.65. The van der Waals surface area contributed by atoms with Gasteiger partial charge in [0.15, 0.2) is 10.3 Å². The molecule has 2 amide bonds. The van der Waals surface area contributed by atoms with Gasteiger partial charge < -0.3 is 28.7 Å². The fourth-order valence-electron chi connectivity index (χ4n) is 8.33. The summed E-state index contributed by atoms with van der Waals surface area (Å²) < 4.78 is 530. The van der Waals surface area contributed by atoms with Crippen molar-refractivity contribution in [1.29, 1.82) is 0 Å². The molecule has 0 fully saturated rings. The average molecular weight is 1410 g/mol. The SMILES string of the molecule is [2H]c1c([2H])c(C([2H])([2H])Sc2nc(=O)c3c(n2C([2H])([2H])C(=O)N(C([2H])([2H])c2c([2H])c([2H])c(-c4c([2H])c([2H])c(C(F)(F)F)c(C)c4[2H])c([2H])c2[2H])C([2H])([2H])C([2H])([2H])N(C([2H])([2H])C)C([2H])([2H])C)CCC3)c([2H])c([2H])c1F.[2H]c1c([2H])c(C([2H])([2H])Sc2nc(=O)c3c(n2C([2H])([2H])C(=O)N(C([2H])([2H])c2ccc(-c4ccc(C(F)(F)F)cc4)cc2)C([2H])([2H])C([2H])([2H])N(C([2H])([2H])C)C([2H])([2H])C)C([2H])([2H])C([2H])(C)C3([2H])[2H])c([2H])c([2H])c1F. The van der Waals surface area contributed by atoms with Gasteiger partial charge in [0.25, 0.3) is 11.1 Å². The molecule has 2 aromatic heterocycles. The molecule has 2 heterocycles. The van der Waals surface area contributed by atoms with Gasteiger partial charge in [-0.15, -0.1) is 0 Å². The zero-order chi connectivity index (χ0) is 112. The molecule has 0 radical (unpaired) electrons. The van der Waals surface area contributed by atoms with Crippen LogP contribution >= 0.6 is 23.5 Å². The largest absolute Gasteiger partial charge is 0.416 e. The molecule has 1 atom stereocenters. The number of alkyl halides is 6. The summed E-state index contributed by atoms with van der Waals surface area (Å²) in [6, 6.07) is -14.7. The molecule has 10 rings (SSSR count). The molecule has 12 nitrogen and oxygen atoms in total. The van der Waals surface area contributed by atoms with Gasteiger partial charge in [-0.2, -0.15) is 36.3 Å². The molecule has 1 unspecified atom stereocenters. The summed E-state index contributed by atoms with van der Waals surface area (Å²) in [5, 5.41) is -2.83. The number of halogens is 8. The van der Waals surface area contributed by atoms with Gasteiger partial charge in [-0.25, -0.2) is 8.78 Å². The van der Waals surface area contributed by atoms with E-state index in [-0.39, 0.29) is 50.4 Å². The molecule has 0 aliphatic heterocycles. The molecule has 96 heavy (non-hydrogen) atoms. The number of amides is 2. The molecule has 2 aliphatic rings.